The van der Waals surface area contributed by atoms with E-state index in [1.54, 1.807) is 18.2 Å². The maximum Gasteiger partial charge on any atom is 0.297 e. The van der Waals surface area contributed by atoms with Crippen molar-refractivity contribution in [2.24, 2.45) is 0 Å². The third-order valence-corrected chi connectivity index (χ3v) is 4.70. The van der Waals surface area contributed by atoms with E-state index in [9.17, 15) is 4.79 Å². The van der Waals surface area contributed by atoms with Gasteiger partial charge in [-0.15, -0.1) is 5.10 Å². The number of fused-ring (bicyclic) bond motifs is 1. The first-order valence-electron chi connectivity index (χ1n) is 8.64. The number of halogens is 1. The van der Waals surface area contributed by atoms with Gasteiger partial charge >= 0.3 is 0 Å². The van der Waals surface area contributed by atoms with E-state index in [1.807, 2.05) is 0 Å². The highest BCUT2D eigenvalue weighted by Gasteiger charge is 2.26. The number of benzene rings is 1. The summed E-state index contributed by atoms with van der Waals surface area (Å²) in [6.45, 7) is 0. The number of H-pyrrole nitrogens is 1. The lowest BCUT2D eigenvalue weighted by Gasteiger charge is -2.16. The van der Waals surface area contributed by atoms with Crippen molar-refractivity contribution >= 4 is 34.4 Å². The fourth-order valence-corrected chi connectivity index (χ4v) is 3.39. The minimum absolute atomic E-state index is 0.0500. The molecule has 0 bridgehead atoms. The summed E-state index contributed by atoms with van der Waals surface area (Å²) in [6, 6.07) is 5.18. The van der Waals surface area contributed by atoms with Gasteiger partial charge in [-0.05, 0) is 49.1 Å². The number of aromatic nitrogens is 4. The molecule has 1 aliphatic carbocycles. The molecule has 0 aliphatic heterocycles. The number of rotatable bonds is 4. The molecular formula is C17H18ClN5O3. The zero-order valence-electron chi connectivity index (χ0n) is 14.0. The molecule has 0 unspecified atom stereocenters. The van der Waals surface area contributed by atoms with Crippen LogP contribution < -0.4 is 10.1 Å². The lowest BCUT2D eigenvalue weighted by molar-refractivity contribution is 0.0985. The Balaban J connectivity index is 1.69. The van der Waals surface area contributed by atoms with Crippen LogP contribution in [0.4, 0.5) is 5.95 Å². The minimum Gasteiger partial charge on any atom is -0.486 e. The monoisotopic (exact) mass is 375 g/mol. The normalized spacial score (nSPS) is 15.7. The molecule has 1 fully saturated rings. The Morgan fingerprint density at radius 3 is 2.81 bits per heavy atom. The number of carbonyl (C=O) groups excluding carboxylic acids is 1. The predicted octanol–water partition coefficient (Wildman–Crippen LogP) is 3.95. The van der Waals surface area contributed by atoms with Gasteiger partial charge in [0.15, 0.2) is 5.75 Å². The van der Waals surface area contributed by atoms with E-state index in [1.165, 1.54) is 12.8 Å². The molecule has 8 nitrogen and oxygen atoms in total. The topological polar surface area (TPSA) is 106 Å². The molecule has 0 atom stereocenters. The Morgan fingerprint density at radius 1 is 1.27 bits per heavy atom. The first kappa shape index (κ1) is 16.8. The Morgan fingerprint density at radius 2 is 2.08 bits per heavy atom. The van der Waals surface area contributed by atoms with E-state index in [0.29, 0.717) is 21.7 Å². The van der Waals surface area contributed by atoms with Gasteiger partial charge in [-0.2, -0.15) is 5.21 Å². The van der Waals surface area contributed by atoms with Crippen LogP contribution in [0.5, 0.6) is 5.75 Å². The maximum atomic E-state index is 12.7. The Bertz CT molecular complexity index is 901. The molecule has 1 amide bonds. The van der Waals surface area contributed by atoms with Gasteiger partial charge < -0.3 is 9.15 Å². The second-order valence-corrected chi connectivity index (χ2v) is 6.76. The van der Waals surface area contributed by atoms with Gasteiger partial charge in [-0.1, -0.05) is 29.5 Å². The smallest absolute Gasteiger partial charge is 0.297 e. The number of nitrogens with zero attached hydrogens (tertiary/aromatic N) is 3. The molecular weight excluding hydrogens is 358 g/mol. The number of aromatic amines is 1. The van der Waals surface area contributed by atoms with E-state index in [2.05, 4.69) is 25.9 Å². The number of nitrogens with one attached hydrogen (secondary N) is 2. The Hall–Kier alpha value is -2.61. The van der Waals surface area contributed by atoms with Crippen LogP contribution in [0.25, 0.3) is 11.0 Å². The van der Waals surface area contributed by atoms with Crippen LogP contribution >= 0.6 is 11.6 Å². The fourth-order valence-electron chi connectivity index (χ4n) is 3.21. The zero-order chi connectivity index (χ0) is 17.9. The largest absolute Gasteiger partial charge is 0.486 e. The second kappa shape index (κ2) is 7.33. The Kier molecular flexibility index (Phi) is 4.75. The second-order valence-electron chi connectivity index (χ2n) is 6.32. The van der Waals surface area contributed by atoms with Gasteiger partial charge in [0.05, 0.1) is 11.5 Å². The van der Waals surface area contributed by atoms with Gasteiger partial charge in [0.2, 0.25) is 5.76 Å². The summed E-state index contributed by atoms with van der Waals surface area (Å²) in [5.74, 6) is 0.0583. The van der Waals surface area contributed by atoms with Crippen molar-refractivity contribution < 1.29 is 13.9 Å². The molecule has 1 saturated carbocycles. The van der Waals surface area contributed by atoms with Crippen LogP contribution in [-0.4, -0.2) is 32.6 Å². The van der Waals surface area contributed by atoms with Crippen molar-refractivity contribution in [2.75, 3.05) is 5.32 Å². The lowest BCUT2D eigenvalue weighted by atomic mass is 10.1. The average molecular weight is 376 g/mol. The standard InChI is InChI=1S/C17H18ClN5O3/c18-10-7-8-13-12(9-10)14(25-11-5-3-1-2-4-6-11)15(26-13)16(24)19-17-20-22-23-21-17/h7-9,11H,1-6H2,(H2,19,20,21,22,23,24). The fraction of sp³-hybridized carbons (Fsp3) is 0.412. The first-order valence-corrected chi connectivity index (χ1v) is 9.02. The van der Waals surface area contributed by atoms with E-state index < -0.39 is 5.91 Å². The third-order valence-electron chi connectivity index (χ3n) is 4.47. The van der Waals surface area contributed by atoms with Crippen LogP contribution in [0, 0.1) is 0 Å². The van der Waals surface area contributed by atoms with Crippen molar-refractivity contribution in [3.05, 3.63) is 29.0 Å². The van der Waals surface area contributed by atoms with Crippen LogP contribution in [0.2, 0.25) is 5.02 Å². The van der Waals surface area contributed by atoms with Gasteiger partial charge in [-0.25, -0.2) is 0 Å². The van der Waals surface area contributed by atoms with Gasteiger partial charge in [0, 0.05) is 5.02 Å². The van der Waals surface area contributed by atoms with Gasteiger partial charge in [0.25, 0.3) is 11.9 Å². The molecule has 1 aromatic carbocycles. The third kappa shape index (κ3) is 3.50. The van der Waals surface area contributed by atoms with Crippen molar-refractivity contribution in [2.45, 2.75) is 44.6 Å². The summed E-state index contributed by atoms with van der Waals surface area (Å²) in [5, 5.41) is 16.9. The van der Waals surface area contributed by atoms with Crippen LogP contribution in [0.1, 0.15) is 49.1 Å². The predicted molar refractivity (Wildman–Crippen MR) is 95.5 cm³/mol. The molecule has 0 radical (unpaired) electrons. The van der Waals surface area contributed by atoms with Crippen molar-refractivity contribution in [3.63, 3.8) is 0 Å². The number of amides is 1. The average Bonchev–Trinajstić information content (AvgIpc) is 3.17. The van der Waals surface area contributed by atoms with Crippen molar-refractivity contribution in [1.82, 2.24) is 20.6 Å². The van der Waals surface area contributed by atoms with Gasteiger partial charge in [0.1, 0.15) is 5.58 Å². The number of tetrazole rings is 1. The molecule has 0 saturated heterocycles. The van der Waals surface area contributed by atoms with Crippen LogP contribution in [-0.2, 0) is 0 Å². The molecule has 3 aromatic rings. The summed E-state index contributed by atoms with van der Waals surface area (Å²) in [5.41, 5.74) is 0.538. The maximum absolute atomic E-state index is 12.7. The highest BCUT2D eigenvalue weighted by atomic mass is 35.5. The van der Waals surface area contributed by atoms with Gasteiger partial charge in [-0.3, -0.25) is 10.1 Å². The molecule has 4 rings (SSSR count). The number of anilines is 1. The molecule has 2 heterocycles. The first-order chi connectivity index (χ1) is 12.7. The van der Waals surface area contributed by atoms with E-state index >= 15 is 0 Å². The van der Waals surface area contributed by atoms with E-state index in [-0.39, 0.29) is 17.8 Å². The molecule has 1 aliphatic rings. The zero-order valence-corrected chi connectivity index (χ0v) is 14.8. The molecule has 26 heavy (non-hydrogen) atoms. The number of hydrogen-bond donors (Lipinski definition) is 2. The highest BCUT2D eigenvalue weighted by molar-refractivity contribution is 6.31. The quantitative estimate of drug-likeness (QED) is 0.668. The SMILES string of the molecule is O=C(Nc1nn[nH]n1)c1oc2ccc(Cl)cc2c1OC1CCCCCC1. The highest BCUT2D eigenvalue weighted by Crippen LogP contribution is 2.37. The summed E-state index contributed by atoms with van der Waals surface area (Å²) >= 11 is 6.13. The summed E-state index contributed by atoms with van der Waals surface area (Å²) < 4.78 is 12.0. The molecule has 136 valence electrons. The number of furan rings is 1. The summed E-state index contributed by atoms with van der Waals surface area (Å²) in [7, 11) is 0. The van der Waals surface area contributed by atoms with Crippen LogP contribution in [0.15, 0.2) is 22.6 Å². The molecule has 9 heteroatoms. The minimum atomic E-state index is -0.498. The van der Waals surface area contributed by atoms with Crippen molar-refractivity contribution in [3.8, 4) is 5.75 Å². The molecule has 2 aromatic heterocycles. The summed E-state index contributed by atoms with van der Waals surface area (Å²) in [6.07, 6.45) is 6.62. The van der Waals surface area contributed by atoms with Crippen LogP contribution in [0.3, 0.4) is 0 Å². The number of ether oxygens (including phenoxy) is 1. The Labute approximate surface area is 154 Å². The number of carbonyl (C=O) groups is 1. The van der Waals surface area contributed by atoms with Crippen molar-refractivity contribution in [1.29, 1.82) is 0 Å². The van der Waals surface area contributed by atoms with E-state index in [4.69, 9.17) is 20.8 Å². The molecule has 0 spiro atoms. The number of hydrogen-bond acceptors (Lipinski definition) is 6. The lowest BCUT2D eigenvalue weighted by Crippen LogP contribution is -2.18. The van der Waals surface area contributed by atoms with E-state index in [0.717, 1.165) is 25.7 Å². The molecule has 2 N–H and O–H groups in total. The summed E-state index contributed by atoms with van der Waals surface area (Å²) in [4.78, 5) is 12.7.